The van der Waals surface area contributed by atoms with Gasteiger partial charge in [-0.1, -0.05) is 0 Å². The summed E-state index contributed by atoms with van der Waals surface area (Å²) >= 11 is 0. The first kappa shape index (κ1) is 17.3. The quantitative estimate of drug-likeness (QED) is 0.809. The molecule has 4 heteroatoms. The van der Waals surface area contributed by atoms with Crippen LogP contribution in [0, 0.1) is 23.2 Å². The third-order valence-electron chi connectivity index (χ3n) is 6.85. The van der Waals surface area contributed by atoms with Crippen LogP contribution < -0.4 is 0 Å². The second kappa shape index (κ2) is 6.86. The third kappa shape index (κ3) is 3.82. The lowest BCUT2D eigenvalue weighted by atomic mass is 9.50. The summed E-state index contributed by atoms with van der Waals surface area (Å²) in [5.41, 5.74) is 0.455. The van der Waals surface area contributed by atoms with Gasteiger partial charge in [-0.15, -0.1) is 0 Å². The van der Waals surface area contributed by atoms with Gasteiger partial charge in [0.1, 0.15) is 0 Å². The highest BCUT2D eigenvalue weighted by atomic mass is 16.5. The van der Waals surface area contributed by atoms with Gasteiger partial charge >= 0.3 is 0 Å². The molecule has 1 heterocycles. The molecular formula is C20H35NO3. The van der Waals surface area contributed by atoms with Gasteiger partial charge in [-0.05, 0) is 75.5 Å². The van der Waals surface area contributed by atoms with E-state index in [-0.39, 0.29) is 18.3 Å². The minimum atomic E-state index is -0.378. The van der Waals surface area contributed by atoms with Gasteiger partial charge in [0, 0.05) is 19.6 Å². The number of aliphatic hydroxyl groups excluding tert-OH is 1. The standard InChI is InChI=1S/C20H35NO3/c1-14-9-21(10-15(2)24-14)11-19(22)12-23-13-20-6-16-3-17(7-20)5-18(4-16)8-20/h14-19,22H,3-13H2,1-2H3/t14-,15-,16?,17?,18?,19-,20?/m1/s1. The molecule has 5 fully saturated rings. The van der Waals surface area contributed by atoms with Crippen LogP contribution in [-0.4, -0.2) is 61.2 Å². The number of aliphatic hydroxyl groups is 1. The van der Waals surface area contributed by atoms with Crippen molar-refractivity contribution in [2.24, 2.45) is 23.2 Å². The first-order chi connectivity index (χ1) is 11.5. The molecule has 24 heavy (non-hydrogen) atoms. The number of hydrogen-bond donors (Lipinski definition) is 1. The van der Waals surface area contributed by atoms with E-state index in [1.807, 2.05) is 0 Å². The molecule has 4 nitrogen and oxygen atoms in total. The number of morpholine rings is 1. The summed E-state index contributed by atoms with van der Waals surface area (Å²) in [5.74, 6) is 2.92. The molecule has 5 aliphatic rings. The number of nitrogens with zero attached hydrogens (tertiary/aromatic N) is 1. The van der Waals surface area contributed by atoms with Crippen LogP contribution in [0.2, 0.25) is 0 Å². The molecule has 0 radical (unpaired) electrons. The molecule has 3 atom stereocenters. The zero-order chi connectivity index (χ0) is 16.7. The van der Waals surface area contributed by atoms with Gasteiger partial charge in [0.2, 0.25) is 0 Å². The van der Waals surface area contributed by atoms with Gasteiger partial charge in [0.15, 0.2) is 0 Å². The molecule has 1 N–H and O–H groups in total. The first-order valence-electron chi connectivity index (χ1n) is 10.1. The highest BCUT2D eigenvalue weighted by Crippen LogP contribution is 2.60. The lowest BCUT2D eigenvalue weighted by Gasteiger charge is -2.56. The second-order valence-electron chi connectivity index (χ2n) is 9.56. The van der Waals surface area contributed by atoms with Gasteiger partial charge in [-0.25, -0.2) is 0 Å². The molecule has 0 aromatic heterocycles. The smallest absolute Gasteiger partial charge is 0.0900 e. The minimum Gasteiger partial charge on any atom is -0.389 e. The molecule has 4 saturated carbocycles. The monoisotopic (exact) mass is 337 g/mol. The summed E-state index contributed by atoms with van der Waals surface area (Å²) in [5, 5.41) is 10.4. The van der Waals surface area contributed by atoms with Gasteiger partial charge in [-0.2, -0.15) is 0 Å². The van der Waals surface area contributed by atoms with Crippen molar-refractivity contribution in [3.05, 3.63) is 0 Å². The summed E-state index contributed by atoms with van der Waals surface area (Å²) in [6.45, 7) is 8.12. The molecule has 0 spiro atoms. The number of ether oxygens (including phenoxy) is 2. The fourth-order valence-electron chi connectivity index (χ4n) is 6.66. The van der Waals surface area contributed by atoms with Crippen LogP contribution in [0.25, 0.3) is 0 Å². The molecule has 4 bridgehead atoms. The molecule has 138 valence electrons. The van der Waals surface area contributed by atoms with E-state index in [2.05, 4.69) is 18.7 Å². The molecule has 1 aliphatic heterocycles. The van der Waals surface area contributed by atoms with Crippen molar-refractivity contribution in [1.29, 1.82) is 0 Å². The van der Waals surface area contributed by atoms with Crippen LogP contribution in [0.5, 0.6) is 0 Å². The van der Waals surface area contributed by atoms with Crippen molar-refractivity contribution in [3.63, 3.8) is 0 Å². The Morgan fingerprint density at radius 3 is 2.12 bits per heavy atom. The number of rotatable bonds is 6. The number of β-amino-alcohol motifs (C(OH)–C–C–N with tert-alkyl or cyclic N) is 1. The highest BCUT2D eigenvalue weighted by Gasteiger charge is 2.50. The van der Waals surface area contributed by atoms with Crippen LogP contribution in [0.1, 0.15) is 52.4 Å². The average molecular weight is 338 g/mol. The summed E-state index contributed by atoms with van der Waals surface area (Å²) in [7, 11) is 0. The summed E-state index contributed by atoms with van der Waals surface area (Å²) in [6, 6.07) is 0. The SMILES string of the molecule is C[C@@H]1CN(C[C@@H](O)COCC23CC4CC(CC(C4)C2)C3)C[C@@H](C)O1. The van der Waals surface area contributed by atoms with Crippen molar-refractivity contribution in [1.82, 2.24) is 4.90 Å². The lowest BCUT2D eigenvalue weighted by molar-refractivity contribution is -0.112. The topological polar surface area (TPSA) is 41.9 Å². The molecule has 1 saturated heterocycles. The fraction of sp³-hybridized carbons (Fsp3) is 1.00. The Morgan fingerprint density at radius 1 is 1.04 bits per heavy atom. The van der Waals surface area contributed by atoms with E-state index in [0.717, 1.165) is 37.5 Å². The largest absolute Gasteiger partial charge is 0.389 e. The molecule has 4 aliphatic carbocycles. The van der Waals surface area contributed by atoms with Crippen LogP contribution in [0.15, 0.2) is 0 Å². The van der Waals surface area contributed by atoms with Crippen LogP contribution in [-0.2, 0) is 9.47 Å². The predicted octanol–water partition coefficient (Wildman–Crippen LogP) is 2.69. The summed E-state index contributed by atoms with van der Waals surface area (Å²) in [4.78, 5) is 2.32. The average Bonchev–Trinajstić information content (AvgIpc) is 2.44. The van der Waals surface area contributed by atoms with Gasteiger partial charge in [0.25, 0.3) is 0 Å². The van der Waals surface area contributed by atoms with E-state index in [0.29, 0.717) is 18.6 Å². The Balaban J connectivity index is 1.21. The molecule has 5 rings (SSSR count). The van der Waals surface area contributed by atoms with Crippen LogP contribution >= 0.6 is 0 Å². The van der Waals surface area contributed by atoms with Crippen LogP contribution in [0.3, 0.4) is 0 Å². The normalized spacial score (nSPS) is 46.4. The van der Waals surface area contributed by atoms with Gasteiger partial charge in [0.05, 0.1) is 31.5 Å². The Kier molecular flexibility index (Phi) is 4.94. The maximum Gasteiger partial charge on any atom is 0.0900 e. The summed E-state index contributed by atoms with van der Waals surface area (Å²) in [6.07, 6.45) is 8.73. The fourth-order valence-corrected chi connectivity index (χ4v) is 6.66. The Labute approximate surface area is 146 Å². The van der Waals surface area contributed by atoms with Gasteiger partial charge < -0.3 is 14.6 Å². The van der Waals surface area contributed by atoms with Gasteiger partial charge in [-0.3, -0.25) is 4.90 Å². The van der Waals surface area contributed by atoms with E-state index in [1.54, 1.807) is 0 Å². The molecule has 0 aromatic carbocycles. The molecule has 0 amide bonds. The zero-order valence-corrected chi connectivity index (χ0v) is 15.5. The van der Waals surface area contributed by atoms with E-state index >= 15 is 0 Å². The maximum atomic E-state index is 10.4. The number of hydrogen-bond acceptors (Lipinski definition) is 4. The van der Waals surface area contributed by atoms with E-state index in [1.165, 1.54) is 38.5 Å². The minimum absolute atomic E-state index is 0.258. The summed E-state index contributed by atoms with van der Waals surface area (Å²) < 4.78 is 11.8. The van der Waals surface area contributed by atoms with Crippen molar-refractivity contribution in [3.8, 4) is 0 Å². The lowest BCUT2D eigenvalue weighted by Crippen LogP contribution is -2.49. The maximum absolute atomic E-state index is 10.4. The van der Waals surface area contributed by atoms with E-state index in [9.17, 15) is 5.11 Å². The second-order valence-corrected chi connectivity index (χ2v) is 9.56. The Bertz CT molecular complexity index is 395. The molecule has 0 aromatic rings. The van der Waals surface area contributed by atoms with Crippen molar-refractivity contribution < 1.29 is 14.6 Å². The third-order valence-corrected chi connectivity index (χ3v) is 6.85. The van der Waals surface area contributed by atoms with Crippen molar-refractivity contribution >= 4 is 0 Å². The first-order valence-corrected chi connectivity index (χ1v) is 10.1. The zero-order valence-electron chi connectivity index (χ0n) is 15.5. The highest BCUT2D eigenvalue weighted by molar-refractivity contribution is 5.01. The molecule has 0 unspecified atom stereocenters. The Hall–Kier alpha value is -0.160. The molecular weight excluding hydrogens is 302 g/mol. The Morgan fingerprint density at radius 2 is 1.58 bits per heavy atom. The van der Waals surface area contributed by atoms with E-state index < -0.39 is 0 Å². The van der Waals surface area contributed by atoms with Crippen molar-refractivity contribution in [2.75, 3.05) is 32.8 Å². The van der Waals surface area contributed by atoms with E-state index in [4.69, 9.17) is 9.47 Å². The predicted molar refractivity (Wildman–Crippen MR) is 93.9 cm³/mol. The van der Waals surface area contributed by atoms with Crippen LogP contribution in [0.4, 0.5) is 0 Å². The van der Waals surface area contributed by atoms with Crippen molar-refractivity contribution in [2.45, 2.75) is 70.7 Å².